The Balaban J connectivity index is 2.25. The molecule has 0 bridgehead atoms. The highest BCUT2D eigenvalue weighted by Gasteiger charge is 2.19. The summed E-state index contributed by atoms with van der Waals surface area (Å²) >= 11 is 3.31. The molecule has 0 aliphatic rings. The summed E-state index contributed by atoms with van der Waals surface area (Å²) in [6, 6.07) is 9.22. The van der Waals surface area contributed by atoms with E-state index in [1.165, 1.54) is 31.9 Å². The Morgan fingerprint density at radius 1 is 1.17 bits per heavy atom. The fourth-order valence-corrected chi connectivity index (χ4v) is 3.32. The van der Waals surface area contributed by atoms with Crippen molar-refractivity contribution in [1.29, 1.82) is 0 Å². The minimum atomic E-state index is -3.52. The molecule has 0 aliphatic heterocycles. The van der Waals surface area contributed by atoms with E-state index in [9.17, 15) is 8.42 Å². The van der Waals surface area contributed by atoms with E-state index in [2.05, 4.69) is 34.8 Å². The van der Waals surface area contributed by atoms with Crippen molar-refractivity contribution in [3.8, 4) is 11.6 Å². The molecular formula is C16H19BrN2O3S. The number of sulfonamides is 1. The molecule has 23 heavy (non-hydrogen) atoms. The third-order valence-corrected chi connectivity index (χ3v) is 5.67. The minimum Gasteiger partial charge on any atom is -0.438 e. The van der Waals surface area contributed by atoms with Crippen molar-refractivity contribution in [1.82, 2.24) is 9.29 Å². The smallest absolute Gasteiger partial charge is 0.244 e. The standard InChI is InChI=1S/C16H19BrN2O3S/c1-11(2)12-5-7-13(8-6-12)22-16-15(17)9-14(10-18-16)23(20,21)19(3)4/h5-11H,1-4H3. The van der Waals surface area contributed by atoms with Crippen LogP contribution in [0.3, 0.4) is 0 Å². The molecule has 0 aliphatic carbocycles. The first-order chi connectivity index (χ1) is 10.7. The predicted octanol–water partition coefficient (Wildman–Crippen LogP) is 4.01. The van der Waals surface area contributed by atoms with E-state index in [0.717, 1.165) is 4.31 Å². The average Bonchev–Trinajstić information content (AvgIpc) is 2.49. The molecule has 1 aromatic carbocycles. The van der Waals surface area contributed by atoms with E-state index in [1.807, 2.05) is 24.3 Å². The number of pyridine rings is 1. The van der Waals surface area contributed by atoms with Crippen molar-refractivity contribution in [3.63, 3.8) is 0 Å². The van der Waals surface area contributed by atoms with Gasteiger partial charge in [0.15, 0.2) is 0 Å². The van der Waals surface area contributed by atoms with Gasteiger partial charge in [-0.25, -0.2) is 17.7 Å². The van der Waals surface area contributed by atoms with Crippen LogP contribution in [0.25, 0.3) is 0 Å². The molecule has 2 rings (SSSR count). The first-order valence-electron chi connectivity index (χ1n) is 7.07. The summed E-state index contributed by atoms with van der Waals surface area (Å²) in [7, 11) is -0.567. The number of nitrogens with zero attached hydrogens (tertiary/aromatic N) is 2. The van der Waals surface area contributed by atoms with Gasteiger partial charge in [0.05, 0.1) is 10.7 Å². The highest BCUT2D eigenvalue weighted by atomic mass is 79.9. The van der Waals surface area contributed by atoms with Gasteiger partial charge in [0.1, 0.15) is 10.6 Å². The Hall–Kier alpha value is -1.44. The van der Waals surface area contributed by atoms with E-state index >= 15 is 0 Å². The zero-order chi connectivity index (χ0) is 17.2. The van der Waals surface area contributed by atoms with Gasteiger partial charge >= 0.3 is 0 Å². The van der Waals surface area contributed by atoms with Crippen molar-refractivity contribution < 1.29 is 13.2 Å². The number of hydrogen-bond acceptors (Lipinski definition) is 4. The molecule has 0 unspecified atom stereocenters. The topological polar surface area (TPSA) is 59.5 Å². The highest BCUT2D eigenvalue weighted by molar-refractivity contribution is 9.10. The second kappa shape index (κ2) is 6.98. The summed E-state index contributed by atoms with van der Waals surface area (Å²) in [5.74, 6) is 1.41. The van der Waals surface area contributed by atoms with Crippen molar-refractivity contribution in [2.24, 2.45) is 0 Å². The van der Waals surface area contributed by atoms with Crippen molar-refractivity contribution in [3.05, 3.63) is 46.6 Å². The van der Waals surface area contributed by atoms with Crippen molar-refractivity contribution >= 4 is 26.0 Å². The first-order valence-corrected chi connectivity index (χ1v) is 9.31. The maximum Gasteiger partial charge on any atom is 0.244 e. The van der Waals surface area contributed by atoms with Crippen LogP contribution in [0.2, 0.25) is 0 Å². The lowest BCUT2D eigenvalue weighted by Crippen LogP contribution is -2.22. The Kier molecular flexibility index (Phi) is 5.44. The van der Waals surface area contributed by atoms with Crippen LogP contribution in [-0.4, -0.2) is 31.8 Å². The number of ether oxygens (including phenoxy) is 1. The molecule has 7 heteroatoms. The zero-order valence-electron chi connectivity index (χ0n) is 13.4. The Bertz CT molecular complexity index is 787. The number of hydrogen-bond donors (Lipinski definition) is 0. The predicted molar refractivity (Wildman–Crippen MR) is 93.4 cm³/mol. The summed E-state index contributed by atoms with van der Waals surface area (Å²) in [5.41, 5.74) is 1.22. The van der Waals surface area contributed by atoms with Crippen LogP contribution in [0.1, 0.15) is 25.3 Å². The minimum absolute atomic E-state index is 0.108. The van der Waals surface area contributed by atoms with Gasteiger partial charge in [-0.1, -0.05) is 26.0 Å². The number of rotatable bonds is 5. The Labute approximate surface area is 145 Å². The fourth-order valence-electron chi connectivity index (χ4n) is 1.87. The summed E-state index contributed by atoms with van der Waals surface area (Å²) in [6.07, 6.45) is 1.29. The number of aromatic nitrogens is 1. The molecular weight excluding hydrogens is 380 g/mol. The van der Waals surface area contributed by atoms with E-state index in [-0.39, 0.29) is 4.90 Å². The fraction of sp³-hybridized carbons (Fsp3) is 0.312. The van der Waals surface area contributed by atoms with Gasteiger partial charge in [-0.15, -0.1) is 0 Å². The van der Waals surface area contributed by atoms with Crippen LogP contribution in [0.15, 0.2) is 45.9 Å². The second-order valence-corrected chi connectivity index (χ2v) is 8.58. The molecule has 0 saturated heterocycles. The molecule has 0 N–H and O–H groups in total. The molecule has 0 atom stereocenters. The van der Waals surface area contributed by atoms with Crippen LogP contribution in [0, 0.1) is 0 Å². The maximum absolute atomic E-state index is 12.1. The van der Waals surface area contributed by atoms with Crippen LogP contribution in [-0.2, 0) is 10.0 Å². The third-order valence-electron chi connectivity index (χ3n) is 3.32. The van der Waals surface area contributed by atoms with Crippen LogP contribution < -0.4 is 4.74 Å². The third kappa shape index (κ3) is 4.10. The van der Waals surface area contributed by atoms with Gasteiger partial charge in [-0.3, -0.25) is 0 Å². The van der Waals surface area contributed by atoms with E-state index in [1.54, 1.807) is 0 Å². The van der Waals surface area contributed by atoms with Crippen molar-refractivity contribution in [2.75, 3.05) is 14.1 Å². The zero-order valence-corrected chi connectivity index (χ0v) is 15.8. The Morgan fingerprint density at radius 3 is 2.26 bits per heavy atom. The number of benzene rings is 1. The lowest BCUT2D eigenvalue weighted by Gasteiger charge is -2.13. The van der Waals surface area contributed by atoms with Gasteiger partial charge in [-0.2, -0.15) is 0 Å². The SMILES string of the molecule is CC(C)c1ccc(Oc2ncc(S(=O)(=O)N(C)C)cc2Br)cc1. The summed E-state index contributed by atoms with van der Waals surface area (Å²) in [6.45, 7) is 4.25. The Morgan fingerprint density at radius 2 is 1.78 bits per heavy atom. The molecule has 1 aromatic heterocycles. The molecule has 0 radical (unpaired) electrons. The van der Waals surface area contributed by atoms with Gasteiger partial charge in [-0.05, 0) is 45.6 Å². The van der Waals surface area contributed by atoms with E-state index in [4.69, 9.17) is 4.74 Å². The van der Waals surface area contributed by atoms with E-state index in [0.29, 0.717) is 22.0 Å². The van der Waals surface area contributed by atoms with E-state index < -0.39 is 10.0 Å². The summed E-state index contributed by atoms with van der Waals surface area (Å²) in [4.78, 5) is 4.21. The second-order valence-electron chi connectivity index (χ2n) is 5.57. The lowest BCUT2D eigenvalue weighted by atomic mass is 10.0. The first kappa shape index (κ1) is 17.9. The monoisotopic (exact) mass is 398 g/mol. The van der Waals surface area contributed by atoms with Crippen LogP contribution >= 0.6 is 15.9 Å². The van der Waals surface area contributed by atoms with Crippen LogP contribution in [0.5, 0.6) is 11.6 Å². The molecule has 0 amide bonds. The highest BCUT2D eigenvalue weighted by Crippen LogP contribution is 2.30. The van der Waals surface area contributed by atoms with Gasteiger partial charge in [0.2, 0.25) is 15.9 Å². The molecule has 5 nitrogen and oxygen atoms in total. The van der Waals surface area contributed by atoms with Crippen LogP contribution in [0.4, 0.5) is 0 Å². The molecule has 1 heterocycles. The van der Waals surface area contributed by atoms with Gasteiger partial charge < -0.3 is 4.74 Å². The summed E-state index contributed by atoms with van der Waals surface area (Å²) < 4.78 is 31.5. The largest absolute Gasteiger partial charge is 0.438 e. The molecule has 2 aromatic rings. The average molecular weight is 399 g/mol. The molecule has 124 valence electrons. The maximum atomic E-state index is 12.1. The van der Waals surface area contributed by atoms with Gasteiger partial charge in [0, 0.05) is 14.1 Å². The lowest BCUT2D eigenvalue weighted by molar-refractivity contribution is 0.457. The number of halogens is 1. The molecule has 0 fully saturated rings. The molecule has 0 saturated carbocycles. The molecule has 0 spiro atoms. The van der Waals surface area contributed by atoms with Crippen molar-refractivity contribution in [2.45, 2.75) is 24.7 Å². The summed E-state index contributed by atoms with van der Waals surface area (Å²) in [5, 5.41) is 0. The normalized spacial score (nSPS) is 12.0. The quantitative estimate of drug-likeness (QED) is 0.762. The van der Waals surface area contributed by atoms with Gasteiger partial charge in [0.25, 0.3) is 0 Å².